The average molecular weight is 242 g/mol. The molecular formula is C13H10N2OS. The molecule has 0 unspecified atom stereocenters. The first-order chi connectivity index (χ1) is 8.27. The summed E-state index contributed by atoms with van der Waals surface area (Å²) in [6.45, 7) is 1.85. The van der Waals surface area contributed by atoms with Crippen molar-refractivity contribution >= 4 is 21.6 Å². The van der Waals surface area contributed by atoms with Gasteiger partial charge in [0.2, 0.25) is 0 Å². The molecule has 0 aliphatic rings. The van der Waals surface area contributed by atoms with Gasteiger partial charge in [0.25, 0.3) is 5.56 Å². The monoisotopic (exact) mass is 242 g/mol. The summed E-state index contributed by atoms with van der Waals surface area (Å²) in [6, 6.07) is 11.4. The lowest BCUT2D eigenvalue weighted by molar-refractivity contribution is 0.898. The van der Waals surface area contributed by atoms with E-state index in [4.69, 9.17) is 0 Å². The van der Waals surface area contributed by atoms with Gasteiger partial charge in [-0.15, -0.1) is 11.3 Å². The predicted molar refractivity (Wildman–Crippen MR) is 70.0 cm³/mol. The summed E-state index contributed by atoms with van der Waals surface area (Å²) in [5.41, 5.74) is 0.857. The first-order valence-electron chi connectivity index (χ1n) is 5.29. The zero-order valence-electron chi connectivity index (χ0n) is 9.25. The van der Waals surface area contributed by atoms with Crippen molar-refractivity contribution in [1.82, 2.24) is 9.55 Å². The second-order valence-electron chi connectivity index (χ2n) is 3.77. The zero-order valence-corrected chi connectivity index (χ0v) is 10.1. The van der Waals surface area contributed by atoms with Gasteiger partial charge in [0.15, 0.2) is 0 Å². The number of hydrogen-bond acceptors (Lipinski definition) is 3. The van der Waals surface area contributed by atoms with Gasteiger partial charge >= 0.3 is 0 Å². The van der Waals surface area contributed by atoms with Gasteiger partial charge in [0, 0.05) is 0 Å². The smallest absolute Gasteiger partial charge is 0.266 e. The molecule has 1 aromatic carbocycles. The van der Waals surface area contributed by atoms with Crippen LogP contribution in [0.1, 0.15) is 5.82 Å². The molecule has 0 fully saturated rings. The van der Waals surface area contributed by atoms with Crippen molar-refractivity contribution in [3.63, 3.8) is 0 Å². The molecule has 0 aliphatic carbocycles. The SMILES string of the molecule is Cc1nc2sccc2c(=O)n1-c1ccccc1. The van der Waals surface area contributed by atoms with E-state index < -0.39 is 0 Å². The highest BCUT2D eigenvalue weighted by molar-refractivity contribution is 7.16. The molecule has 0 saturated carbocycles. The molecule has 0 atom stereocenters. The molecule has 0 amide bonds. The van der Waals surface area contributed by atoms with Crippen molar-refractivity contribution in [2.45, 2.75) is 6.92 Å². The highest BCUT2D eigenvalue weighted by atomic mass is 32.1. The van der Waals surface area contributed by atoms with Crippen molar-refractivity contribution in [3.05, 3.63) is 58.0 Å². The van der Waals surface area contributed by atoms with Crippen LogP contribution in [0.15, 0.2) is 46.6 Å². The molecule has 0 spiro atoms. The summed E-state index contributed by atoms with van der Waals surface area (Å²) in [7, 11) is 0. The lowest BCUT2D eigenvalue weighted by Gasteiger charge is -2.08. The quantitative estimate of drug-likeness (QED) is 0.657. The number of rotatable bonds is 1. The van der Waals surface area contributed by atoms with E-state index in [2.05, 4.69) is 4.98 Å². The molecule has 4 heteroatoms. The fraction of sp³-hybridized carbons (Fsp3) is 0.0769. The van der Waals surface area contributed by atoms with E-state index in [9.17, 15) is 4.79 Å². The van der Waals surface area contributed by atoms with Crippen molar-refractivity contribution in [3.8, 4) is 5.69 Å². The van der Waals surface area contributed by atoms with Crippen LogP contribution in [0.25, 0.3) is 15.9 Å². The summed E-state index contributed by atoms with van der Waals surface area (Å²) in [5, 5.41) is 2.58. The fourth-order valence-corrected chi connectivity index (χ4v) is 2.70. The van der Waals surface area contributed by atoms with E-state index in [1.807, 2.05) is 48.7 Å². The molecule has 2 heterocycles. The van der Waals surface area contributed by atoms with Crippen LogP contribution in [0.5, 0.6) is 0 Å². The Hall–Kier alpha value is -1.94. The normalized spacial score (nSPS) is 10.9. The van der Waals surface area contributed by atoms with E-state index in [0.29, 0.717) is 5.39 Å². The largest absolute Gasteiger partial charge is 0.268 e. The number of benzene rings is 1. The topological polar surface area (TPSA) is 34.9 Å². The van der Waals surface area contributed by atoms with Gasteiger partial charge in [-0.2, -0.15) is 0 Å². The summed E-state index contributed by atoms with van der Waals surface area (Å²) in [6.07, 6.45) is 0. The third-order valence-electron chi connectivity index (χ3n) is 2.68. The average Bonchev–Trinajstić information content (AvgIpc) is 2.78. The molecule has 0 aliphatic heterocycles. The van der Waals surface area contributed by atoms with Crippen LogP contribution in [0.3, 0.4) is 0 Å². The van der Waals surface area contributed by atoms with E-state index in [0.717, 1.165) is 16.3 Å². The first-order valence-corrected chi connectivity index (χ1v) is 6.17. The highest BCUT2D eigenvalue weighted by Crippen LogP contribution is 2.16. The summed E-state index contributed by atoms with van der Waals surface area (Å²) in [4.78, 5) is 17.6. The number of aryl methyl sites for hydroxylation is 1. The predicted octanol–water partition coefficient (Wildman–Crippen LogP) is 2.76. The molecule has 3 rings (SSSR count). The molecule has 17 heavy (non-hydrogen) atoms. The van der Waals surface area contributed by atoms with Gasteiger partial charge in [0.1, 0.15) is 10.7 Å². The van der Waals surface area contributed by atoms with Gasteiger partial charge in [-0.3, -0.25) is 9.36 Å². The van der Waals surface area contributed by atoms with E-state index in [1.165, 1.54) is 11.3 Å². The van der Waals surface area contributed by atoms with E-state index in [-0.39, 0.29) is 5.56 Å². The van der Waals surface area contributed by atoms with Crippen LogP contribution in [0.2, 0.25) is 0 Å². The lowest BCUT2D eigenvalue weighted by Crippen LogP contribution is -2.21. The minimum atomic E-state index is -0.0000463. The molecule has 0 radical (unpaired) electrons. The maximum Gasteiger partial charge on any atom is 0.266 e. The highest BCUT2D eigenvalue weighted by Gasteiger charge is 2.09. The van der Waals surface area contributed by atoms with Crippen molar-refractivity contribution < 1.29 is 0 Å². The van der Waals surface area contributed by atoms with Gasteiger partial charge in [-0.05, 0) is 30.5 Å². The lowest BCUT2D eigenvalue weighted by atomic mass is 10.3. The van der Waals surface area contributed by atoms with Gasteiger partial charge in [-0.1, -0.05) is 18.2 Å². The number of thiophene rings is 1. The maximum absolute atomic E-state index is 12.3. The third kappa shape index (κ3) is 1.57. The Balaban J connectivity index is 2.40. The van der Waals surface area contributed by atoms with Crippen molar-refractivity contribution in [2.75, 3.05) is 0 Å². The Morgan fingerprint density at radius 3 is 2.71 bits per heavy atom. The molecule has 0 saturated heterocycles. The van der Waals surface area contributed by atoms with Crippen LogP contribution in [0, 0.1) is 6.92 Å². The Labute approximate surface area is 102 Å². The zero-order chi connectivity index (χ0) is 11.8. The maximum atomic E-state index is 12.3. The Kier molecular flexibility index (Phi) is 2.30. The van der Waals surface area contributed by atoms with Gasteiger partial charge in [0.05, 0.1) is 11.1 Å². The van der Waals surface area contributed by atoms with Crippen LogP contribution >= 0.6 is 11.3 Å². The van der Waals surface area contributed by atoms with Gasteiger partial charge < -0.3 is 0 Å². The van der Waals surface area contributed by atoms with Gasteiger partial charge in [-0.25, -0.2) is 4.98 Å². The molecule has 3 nitrogen and oxygen atoms in total. The fourth-order valence-electron chi connectivity index (χ4n) is 1.90. The molecule has 3 aromatic rings. The van der Waals surface area contributed by atoms with Crippen LogP contribution < -0.4 is 5.56 Å². The Morgan fingerprint density at radius 1 is 1.18 bits per heavy atom. The molecule has 0 N–H and O–H groups in total. The molecule has 2 aromatic heterocycles. The number of fused-ring (bicyclic) bond motifs is 1. The number of para-hydroxylation sites is 1. The van der Waals surface area contributed by atoms with Crippen LogP contribution in [-0.4, -0.2) is 9.55 Å². The number of nitrogens with zero attached hydrogens (tertiary/aromatic N) is 2. The minimum Gasteiger partial charge on any atom is -0.268 e. The number of aromatic nitrogens is 2. The van der Waals surface area contributed by atoms with E-state index >= 15 is 0 Å². The molecule has 0 bridgehead atoms. The minimum absolute atomic E-state index is 0.0000463. The number of hydrogen-bond donors (Lipinski definition) is 0. The van der Waals surface area contributed by atoms with Crippen molar-refractivity contribution in [1.29, 1.82) is 0 Å². The molecular weight excluding hydrogens is 232 g/mol. The third-order valence-corrected chi connectivity index (χ3v) is 3.49. The Morgan fingerprint density at radius 2 is 1.94 bits per heavy atom. The second kappa shape index (κ2) is 3.82. The first kappa shape index (κ1) is 10.2. The van der Waals surface area contributed by atoms with Crippen LogP contribution in [0.4, 0.5) is 0 Å². The summed E-state index contributed by atoms with van der Waals surface area (Å²) in [5.74, 6) is 0.719. The standard InChI is InChI=1S/C13H10N2OS/c1-9-14-12-11(7-8-17-12)13(16)15(9)10-5-3-2-4-6-10/h2-8H,1H3. The Bertz CT molecular complexity index is 728. The van der Waals surface area contributed by atoms with Crippen LogP contribution in [-0.2, 0) is 0 Å². The summed E-state index contributed by atoms with van der Waals surface area (Å²) >= 11 is 1.50. The second-order valence-corrected chi connectivity index (χ2v) is 4.67. The van der Waals surface area contributed by atoms with Crippen molar-refractivity contribution in [2.24, 2.45) is 0 Å². The van der Waals surface area contributed by atoms with E-state index in [1.54, 1.807) is 4.57 Å². The summed E-state index contributed by atoms with van der Waals surface area (Å²) < 4.78 is 1.65. The molecule has 84 valence electrons.